The molecule has 4 nitrogen and oxygen atoms in total. The molecule has 1 aromatic rings. The van der Waals surface area contributed by atoms with Gasteiger partial charge in [0.25, 0.3) is 0 Å². The molecule has 0 heterocycles. The standard InChI is InChI=1S/C12H15N3O/c1-14-12(16)15-9-11-6-4-10(5-7-11)3-2-8-13/h4-7H,8-9,13H2,1H3,(H2,14,15,16). The summed E-state index contributed by atoms with van der Waals surface area (Å²) < 4.78 is 0. The van der Waals surface area contributed by atoms with Gasteiger partial charge in [-0.15, -0.1) is 0 Å². The van der Waals surface area contributed by atoms with Gasteiger partial charge in [0, 0.05) is 19.2 Å². The zero-order valence-electron chi connectivity index (χ0n) is 9.21. The first-order valence-corrected chi connectivity index (χ1v) is 4.99. The SMILES string of the molecule is CNC(=O)NCc1ccc(C#CCN)cc1. The van der Waals surface area contributed by atoms with Crippen LogP contribution >= 0.6 is 0 Å². The molecule has 16 heavy (non-hydrogen) atoms. The van der Waals surface area contributed by atoms with Gasteiger partial charge in [-0.05, 0) is 17.7 Å². The smallest absolute Gasteiger partial charge is 0.314 e. The third-order valence-electron chi connectivity index (χ3n) is 1.97. The first-order valence-electron chi connectivity index (χ1n) is 4.99. The molecule has 0 spiro atoms. The lowest BCUT2D eigenvalue weighted by Gasteiger charge is -2.04. The van der Waals surface area contributed by atoms with Crippen LogP contribution in [0.4, 0.5) is 4.79 Å². The van der Waals surface area contributed by atoms with Crippen LogP contribution in [-0.2, 0) is 6.54 Å². The Morgan fingerprint density at radius 3 is 2.62 bits per heavy atom. The average Bonchev–Trinajstić information content (AvgIpc) is 2.34. The first kappa shape index (κ1) is 12.1. The monoisotopic (exact) mass is 217 g/mol. The molecule has 0 aromatic heterocycles. The van der Waals surface area contributed by atoms with Crippen LogP contribution in [-0.4, -0.2) is 19.6 Å². The molecule has 0 saturated carbocycles. The van der Waals surface area contributed by atoms with Crippen molar-refractivity contribution in [3.8, 4) is 11.8 Å². The first-order chi connectivity index (χ1) is 7.76. The van der Waals surface area contributed by atoms with Crippen LogP contribution in [0.15, 0.2) is 24.3 Å². The minimum absolute atomic E-state index is 0.188. The van der Waals surface area contributed by atoms with Crippen LogP contribution in [0.2, 0.25) is 0 Å². The molecule has 1 aromatic carbocycles. The third-order valence-corrected chi connectivity index (χ3v) is 1.97. The van der Waals surface area contributed by atoms with E-state index in [0.717, 1.165) is 11.1 Å². The molecule has 2 amide bonds. The topological polar surface area (TPSA) is 67.2 Å². The summed E-state index contributed by atoms with van der Waals surface area (Å²) in [6.45, 7) is 0.865. The van der Waals surface area contributed by atoms with E-state index in [2.05, 4.69) is 22.5 Å². The fourth-order valence-corrected chi connectivity index (χ4v) is 1.13. The summed E-state index contributed by atoms with van der Waals surface area (Å²) in [4.78, 5) is 10.9. The molecule has 4 heteroatoms. The normalized spacial score (nSPS) is 8.88. The molecule has 84 valence electrons. The molecule has 4 N–H and O–H groups in total. The summed E-state index contributed by atoms with van der Waals surface area (Å²) in [6, 6.07) is 7.48. The van der Waals surface area contributed by atoms with Crippen molar-refractivity contribution in [3.05, 3.63) is 35.4 Å². The Morgan fingerprint density at radius 2 is 2.06 bits per heavy atom. The van der Waals surface area contributed by atoms with E-state index in [1.54, 1.807) is 7.05 Å². The van der Waals surface area contributed by atoms with E-state index in [-0.39, 0.29) is 6.03 Å². The zero-order chi connectivity index (χ0) is 11.8. The molecule has 0 saturated heterocycles. The molecule has 0 aliphatic heterocycles. The van der Waals surface area contributed by atoms with Gasteiger partial charge in [0.2, 0.25) is 0 Å². The van der Waals surface area contributed by atoms with Crippen molar-refractivity contribution in [1.82, 2.24) is 10.6 Å². The van der Waals surface area contributed by atoms with Crippen molar-refractivity contribution in [1.29, 1.82) is 0 Å². The minimum Gasteiger partial charge on any atom is -0.341 e. The average molecular weight is 217 g/mol. The molecule has 0 unspecified atom stereocenters. The predicted molar refractivity (Wildman–Crippen MR) is 63.7 cm³/mol. The van der Waals surface area contributed by atoms with Crippen molar-refractivity contribution >= 4 is 6.03 Å². The number of urea groups is 1. The van der Waals surface area contributed by atoms with E-state index in [4.69, 9.17) is 5.73 Å². The summed E-state index contributed by atoms with van der Waals surface area (Å²) in [7, 11) is 1.58. The molecule has 0 atom stereocenters. The van der Waals surface area contributed by atoms with Crippen LogP contribution in [0.3, 0.4) is 0 Å². The van der Waals surface area contributed by atoms with Crippen LogP contribution in [0.5, 0.6) is 0 Å². The van der Waals surface area contributed by atoms with Crippen molar-refractivity contribution in [2.45, 2.75) is 6.54 Å². The largest absolute Gasteiger partial charge is 0.341 e. The molecule has 0 aliphatic rings. The van der Waals surface area contributed by atoms with Gasteiger partial charge in [-0.1, -0.05) is 24.0 Å². The molecule has 0 radical (unpaired) electrons. The maximum atomic E-state index is 10.9. The number of benzene rings is 1. The number of rotatable bonds is 2. The fourth-order valence-electron chi connectivity index (χ4n) is 1.13. The van der Waals surface area contributed by atoms with Gasteiger partial charge in [-0.2, -0.15) is 0 Å². The number of hydrogen-bond acceptors (Lipinski definition) is 2. The molecular formula is C12H15N3O. The van der Waals surface area contributed by atoms with Crippen molar-refractivity contribution in [3.63, 3.8) is 0 Å². The van der Waals surface area contributed by atoms with E-state index < -0.39 is 0 Å². The number of nitrogens with one attached hydrogen (secondary N) is 2. The summed E-state index contributed by atoms with van der Waals surface area (Å²) >= 11 is 0. The van der Waals surface area contributed by atoms with Crippen LogP contribution in [0.25, 0.3) is 0 Å². The predicted octanol–water partition coefficient (Wildman–Crippen LogP) is 0.426. The molecule has 0 fully saturated rings. The van der Waals surface area contributed by atoms with Gasteiger partial charge in [-0.3, -0.25) is 0 Å². The van der Waals surface area contributed by atoms with Gasteiger partial charge in [0.05, 0.1) is 6.54 Å². The highest BCUT2D eigenvalue weighted by Gasteiger charge is 1.96. The second-order valence-corrected chi connectivity index (χ2v) is 3.14. The molecule has 0 aliphatic carbocycles. The lowest BCUT2D eigenvalue weighted by Crippen LogP contribution is -2.32. The van der Waals surface area contributed by atoms with E-state index in [9.17, 15) is 4.79 Å². The maximum absolute atomic E-state index is 10.9. The minimum atomic E-state index is -0.188. The highest BCUT2D eigenvalue weighted by Crippen LogP contribution is 2.02. The fraction of sp³-hybridized carbons (Fsp3) is 0.250. The Morgan fingerprint density at radius 1 is 1.38 bits per heavy atom. The number of nitrogens with two attached hydrogens (primary N) is 1. The van der Waals surface area contributed by atoms with E-state index in [1.807, 2.05) is 24.3 Å². The van der Waals surface area contributed by atoms with Gasteiger partial charge >= 0.3 is 6.03 Å². The highest BCUT2D eigenvalue weighted by molar-refractivity contribution is 5.73. The Kier molecular flexibility index (Phi) is 4.90. The van der Waals surface area contributed by atoms with Gasteiger partial charge < -0.3 is 16.4 Å². The Hall–Kier alpha value is -1.99. The summed E-state index contributed by atoms with van der Waals surface area (Å²) in [5.74, 6) is 5.71. The van der Waals surface area contributed by atoms with Crippen molar-refractivity contribution in [2.75, 3.05) is 13.6 Å². The Balaban J connectivity index is 2.54. The quantitative estimate of drug-likeness (QED) is 0.629. The zero-order valence-corrected chi connectivity index (χ0v) is 9.21. The number of carbonyl (C=O) groups is 1. The Labute approximate surface area is 95.2 Å². The summed E-state index contributed by atoms with van der Waals surface area (Å²) in [6.07, 6.45) is 0. The summed E-state index contributed by atoms with van der Waals surface area (Å²) in [5.41, 5.74) is 7.23. The number of amides is 2. The lowest BCUT2D eigenvalue weighted by atomic mass is 10.1. The van der Waals surface area contributed by atoms with E-state index in [0.29, 0.717) is 13.1 Å². The van der Waals surface area contributed by atoms with Gasteiger partial charge in [0.1, 0.15) is 0 Å². The van der Waals surface area contributed by atoms with Crippen molar-refractivity contribution < 1.29 is 4.79 Å². The van der Waals surface area contributed by atoms with Crippen LogP contribution < -0.4 is 16.4 Å². The second-order valence-electron chi connectivity index (χ2n) is 3.14. The van der Waals surface area contributed by atoms with E-state index in [1.165, 1.54) is 0 Å². The molecular weight excluding hydrogens is 202 g/mol. The second kappa shape index (κ2) is 6.49. The van der Waals surface area contributed by atoms with E-state index >= 15 is 0 Å². The maximum Gasteiger partial charge on any atom is 0.314 e. The lowest BCUT2D eigenvalue weighted by molar-refractivity contribution is 0.242. The highest BCUT2D eigenvalue weighted by atomic mass is 16.2. The van der Waals surface area contributed by atoms with Gasteiger partial charge in [0.15, 0.2) is 0 Å². The van der Waals surface area contributed by atoms with Crippen LogP contribution in [0, 0.1) is 11.8 Å². The Bertz CT molecular complexity index is 401. The molecule has 0 bridgehead atoms. The van der Waals surface area contributed by atoms with Crippen molar-refractivity contribution in [2.24, 2.45) is 5.73 Å². The number of carbonyl (C=O) groups excluding carboxylic acids is 1. The summed E-state index contributed by atoms with van der Waals surface area (Å²) in [5, 5.41) is 5.19. The van der Waals surface area contributed by atoms with Gasteiger partial charge in [-0.25, -0.2) is 4.79 Å². The molecule has 1 rings (SSSR count). The van der Waals surface area contributed by atoms with Crippen LogP contribution in [0.1, 0.15) is 11.1 Å². The number of hydrogen-bond donors (Lipinski definition) is 3. The third kappa shape index (κ3) is 4.03.